The fourth-order valence-corrected chi connectivity index (χ4v) is 2.58. The molecule has 22 heavy (non-hydrogen) atoms. The van der Waals surface area contributed by atoms with Gasteiger partial charge in [0.1, 0.15) is 11.9 Å². The average Bonchev–Trinajstić information content (AvgIpc) is 2.95. The minimum atomic E-state index is -0.679. The summed E-state index contributed by atoms with van der Waals surface area (Å²) in [6, 6.07) is 4.52. The lowest BCUT2D eigenvalue weighted by Crippen LogP contribution is -2.34. The summed E-state index contributed by atoms with van der Waals surface area (Å²) in [5.41, 5.74) is 2.71. The van der Waals surface area contributed by atoms with Crippen LogP contribution < -0.4 is 10.9 Å². The number of carbonyl (C=O) groups excluding carboxylic acids is 1. The van der Waals surface area contributed by atoms with Crippen LogP contribution in [0.3, 0.4) is 0 Å². The third-order valence-electron chi connectivity index (χ3n) is 3.89. The molecule has 114 valence electrons. The van der Waals surface area contributed by atoms with Crippen molar-refractivity contribution < 1.29 is 4.79 Å². The minimum Gasteiger partial charge on any atom is -0.309 e. The van der Waals surface area contributed by atoms with Crippen LogP contribution >= 0.6 is 0 Å². The van der Waals surface area contributed by atoms with E-state index in [4.69, 9.17) is 0 Å². The number of aryl methyl sites for hydroxylation is 3. The van der Waals surface area contributed by atoms with E-state index in [2.05, 4.69) is 15.4 Å². The van der Waals surface area contributed by atoms with Crippen LogP contribution in [0.4, 0.5) is 5.82 Å². The van der Waals surface area contributed by atoms with Gasteiger partial charge in [0.25, 0.3) is 5.56 Å². The quantitative estimate of drug-likeness (QED) is 0.934. The van der Waals surface area contributed by atoms with Crippen molar-refractivity contribution in [3.8, 4) is 0 Å². The van der Waals surface area contributed by atoms with E-state index in [-0.39, 0.29) is 11.5 Å². The smallest absolute Gasteiger partial charge is 0.267 e. The molecule has 0 aliphatic heterocycles. The Morgan fingerprint density at radius 1 is 1.36 bits per heavy atom. The summed E-state index contributed by atoms with van der Waals surface area (Å²) in [4.78, 5) is 28.6. The van der Waals surface area contributed by atoms with Crippen molar-refractivity contribution in [2.24, 2.45) is 0 Å². The molecule has 0 saturated heterocycles. The molecule has 1 amide bonds. The van der Waals surface area contributed by atoms with Crippen LogP contribution in [0, 0.1) is 6.92 Å². The Morgan fingerprint density at radius 2 is 2.18 bits per heavy atom. The number of carbonyl (C=O) groups is 1. The second kappa shape index (κ2) is 5.71. The van der Waals surface area contributed by atoms with Crippen molar-refractivity contribution in [3.05, 3.63) is 51.6 Å². The molecule has 2 aromatic heterocycles. The number of nitrogens with zero attached hydrogens (tertiary/aromatic N) is 3. The van der Waals surface area contributed by atoms with Gasteiger partial charge in [-0.25, -0.2) is 9.67 Å². The third kappa shape index (κ3) is 2.77. The van der Waals surface area contributed by atoms with E-state index in [1.165, 1.54) is 4.68 Å². The van der Waals surface area contributed by atoms with E-state index in [1.54, 1.807) is 25.3 Å². The van der Waals surface area contributed by atoms with Crippen molar-refractivity contribution in [2.45, 2.75) is 39.2 Å². The summed E-state index contributed by atoms with van der Waals surface area (Å²) < 4.78 is 1.26. The number of hydrogen-bond acceptors (Lipinski definition) is 4. The first-order chi connectivity index (χ1) is 10.5. The minimum absolute atomic E-state index is 0.236. The average molecular weight is 298 g/mol. The van der Waals surface area contributed by atoms with Crippen molar-refractivity contribution in [1.82, 2.24) is 14.8 Å². The lowest BCUT2D eigenvalue weighted by atomic mass is 10.2. The highest BCUT2D eigenvalue weighted by atomic mass is 16.2. The van der Waals surface area contributed by atoms with Crippen LogP contribution in [0.2, 0.25) is 0 Å². The molecule has 1 N–H and O–H groups in total. The zero-order chi connectivity index (χ0) is 15.7. The van der Waals surface area contributed by atoms with E-state index >= 15 is 0 Å². The highest BCUT2D eigenvalue weighted by molar-refractivity contribution is 5.92. The van der Waals surface area contributed by atoms with Crippen LogP contribution in [0.5, 0.6) is 0 Å². The number of anilines is 1. The third-order valence-corrected chi connectivity index (χ3v) is 3.89. The number of rotatable bonds is 3. The van der Waals surface area contributed by atoms with Gasteiger partial charge in [0.15, 0.2) is 0 Å². The number of hydrogen-bond donors (Lipinski definition) is 1. The topological polar surface area (TPSA) is 76.9 Å². The van der Waals surface area contributed by atoms with E-state index in [0.29, 0.717) is 5.82 Å². The summed E-state index contributed by atoms with van der Waals surface area (Å²) in [5, 5.41) is 7.07. The second-order valence-corrected chi connectivity index (χ2v) is 5.64. The van der Waals surface area contributed by atoms with E-state index in [0.717, 1.165) is 36.1 Å². The SMILES string of the molecule is Cc1ccc(NC(=O)C(C)n2nc3c(cc2=O)CCC3)nc1. The number of fused-ring (bicyclic) bond motifs is 1. The Balaban J connectivity index is 1.81. The first-order valence-electron chi connectivity index (χ1n) is 7.40. The monoisotopic (exact) mass is 298 g/mol. The van der Waals surface area contributed by atoms with E-state index in [1.807, 2.05) is 13.0 Å². The Kier molecular flexibility index (Phi) is 3.75. The molecule has 1 unspecified atom stereocenters. The fraction of sp³-hybridized carbons (Fsp3) is 0.375. The number of pyridine rings is 1. The standard InChI is InChI=1S/C16H18N4O2/c1-10-6-7-14(17-9-10)18-16(22)11(2)20-15(21)8-12-4-3-5-13(12)19-20/h6-9,11H,3-5H2,1-2H3,(H,17,18,22). The molecule has 0 bridgehead atoms. The molecule has 6 nitrogen and oxygen atoms in total. The predicted octanol–water partition coefficient (Wildman–Crippen LogP) is 1.64. The molecule has 0 spiro atoms. The normalized spacial score (nSPS) is 14.5. The maximum absolute atomic E-state index is 12.3. The molecule has 0 fully saturated rings. The van der Waals surface area contributed by atoms with Crippen LogP contribution in [-0.2, 0) is 17.6 Å². The van der Waals surface area contributed by atoms with Gasteiger partial charge < -0.3 is 5.32 Å². The Morgan fingerprint density at radius 3 is 2.91 bits per heavy atom. The molecule has 3 rings (SSSR count). The number of aromatic nitrogens is 3. The molecule has 2 heterocycles. The van der Waals surface area contributed by atoms with Crippen molar-refractivity contribution in [3.63, 3.8) is 0 Å². The van der Waals surface area contributed by atoms with Gasteiger partial charge in [-0.3, -0.25) is 9.59 Å². The van der Waals surface area contributed by atoms with Gasteiger partial charge in [0, 0.05) is 12.3 Å². The Hall–Kier alpha value is -2.50. The molecule has 6 heteroatoms. The summed E-state index contributed by atoms with van der Waals surface area (Å²) in [6.45, 7) is 3.59. The lowest BCUT2D eigenvalue weighted by molar-refractivity contribution is -0.119. The summed E-state index contributed by atoms with van der Waals surface area (Å²) in [5.74, 6) is 0.167. The van der Waals surface area contributed by atoms with Gasteiger partial charge in [-0.05, 0) is 50.3 Å². The second-order valence-electron chi connectivity index (χ2n) is 5.64. The van der Waals surface area contributed by atoms with Crippen LogP contribution in [0.15, 0.2) is 29.2 Å². The zero-order valence-corrected chi connectivity index (χ0v) is 12.7. The van der Waals surface area contributed by atoms with Crippen molar-refractivity contribution in [2.75, 3.05) is 5.32 Å². The highest BCUT2D eigenvalue weighted by Crippen LogP contribution is 2.18. The first-order valence-corrected chi connectivity index (χ1v) is 7.40. The van der Waals surface area contributed by atoms with E-state index in [9.17, 15) is 9.59 Å². The molecular formula is C16H18N4O2. The van der Waals surface area contributed by atoms with Crippen LogP contribution in [0.1, 0.15) is 36.2 Å². The first kappa shape index (κ1) is 14.4. The Labute approximate surface area is 128 Å². The largest absolute Gasteiger partial charge is 0.309 e. The van der Waals surface area contributed by atoms with Gasteiger partial charge >= 0.3 is 0 Å². The molecular weight excluding hydrogens is 280 g/mol. The fourth-order valence-electron chi connectivity index (χ4n) is 2.58. The molecule has 0 saturated carbocycles. The zero-order valence-electron chi connectivity index (χ0n) is 12.7. The summed E-state index contributed by atoms with van der Waals surface area (Å²) in [6.07, 6.45) is 4.45. The van der Waals surface area contributed by atoms with Crippen molar-refractivity contribution >= 4 is 11.7 Å². The van der Waals surface area contributed by atoms with E-state index < -0.39 is 6.04 Å². The summed E-state index contributed by atoms with van der Waals surface area (Å²) in [7, 11) is 0. The maximum atomic E-state index is 12.3. The maximum Gasteiger partial charge on any atom is 0.267 e. The van der Waals surface area contributed by atoms with Crippen molar-refractivity contribution in [1.29, 1.82) is 0 Å². The highest BCUT2D eigenvalue weighted by Gasteiger charge is 2.21. The number of nitrogens with one attached hydrogen (secondary N) is 1. The van der Waals surface area contributed by atoms with Gasteiger partial charge in [-0.1, -0.05) is 6.07 Å². The molecule has 2 aromatic rings. The molecule has 1 atom stereocenters. The van der Waals surface area contributed by atoms with Gasteiger partial charge in [0.05, 0.1) is 5.69 Å². The van der Waals surface area contributed by atoms with Gasteiger partial charge in [-0.15, -0.1) is 0 Å². The molecule has 0 aromatic carbocycles. The molecule has 1 aliphatic carbocycles. The lowest BCUT2D eigenvalue weighted by Gasteiger charge is -2.14. The molecule has 0 radical (unpaired) electrons. The van der Waals surface area contributed by atoms with Gasteiger partial charge in [-0.2, -0.15) is 5.10 Å². The Bertz CT molecular complexity index is 765. The summed E-state index contributed by atoms with van der Waals surface area (Å²) >= 11 is 0. The predicted molar refractivity (Wildman–Crippen MR) is 82.8 cm³/mol. The van der Waals surface area contributed by atoms with Crippen LogP contribution in [0.25, 0.3) is 0 Å². The van der Waals surface area contributed by atoms with Crippen LogP contribution in [-0.4, -0.2) is 20.7 Å². The number of amides is 1. The van der Waals surface area contributed by atoms with Gasteiger partial charge in [0.2, 0.25) is 5.91 Å². The molecule has 1 aliphatic rings.